The van der Waals surface area contributed by atoms with Gasteiger partial charge in [-0.25, -0.2) is 4.79 Å². The zero-order valence-electron chi connectivity index (χ0n) is 11.6. The summed E-state index contributed by atoms with van der Waals surface area (Å²) in [5, 5.41) is 0. The van der Waals surface area contributed by atoms with Gasteiger partial charge in [-0.15, -0.1) is 0 Å². The third-order valence-corrected chi connectivity index (χ3v) is 4.19. The Kier molecular flexibility index (Phi) is 4.27. The van der Waals surface area contributed by atoms with E-state index < -0.39 is 5.60 Å². The van der Waals surface area contributed by atoms with E-state index >= 15 is 0 Å². The molecule has 0 aromatic carbocycles. The maximum atomic E-state index is 12.2. The van der Waals surface area contributed by atoms with Crippen LogP contribution in [0.5, 0.6) is 0 Å². The molecule has 2 fully saturated rings. The van der Waals surface area contributed by atoms with Gasteiger partial charge in [-0.1, -0.05) is 19.4 Å². The molecule has 1 heterocycles. The predicted octanol–water partition coefficient (Wildman–Crippen LogP) is 2.76. The van der Waals surface area contributed by atoms with Gasteiger partial charge in [0.2, 0.25) is 0 Å². The molecule has 1 saturated carbocycles. The van der Waals surface area contributed by atoms with Gasteiger partial charge in [0, 0.05) is 5.57 Å². The summed E-state index contributed by atoms with van der Waals surface area (Å²) in [4.78, 5) is 24.0. The maximum Gasteiger partial charge on any atom is 0.333 e. The van der Waals surface area contributed by atoms with Crippen molar-refractivity contribution in [2.75, 3.05) is 6.61 Å². The second kappa shape index (κ2) is 5.76. The second-order valence-corrected chi connectivity index (χ2v) is 5.48. The Bertz CT molecular complexity index is 378. The molecule has 1 aliphatic carbocycles. The highest BCUT2D eigenvalue weighted by Gasteiger charge is 2.50. The summed E-state index contributed by atoms with van der Waals surface area (Å²) < 4.78 is 10.8. The van der Waals surface area contributed by atoms with Crippen LogP contribution in [-0.4, -0.2) is 24.1 Å². The molecule has 4 nitrogen and oxygen atoms in total. The van der Waals surface area contributed by atoms with Crippen LogP contribution >= 0.6 is 0 Å². The SMILES string of the molecule is C=C1CC(C(=O)OCC)C2(CCCCCC2)OC1=O. The zero-order valence-corrected chi connectivity index (χ0v) is 11.6. The van der Waals surface area contributed by atoms with E-state index in [1.54, 1.807) is 6.92 Å². The molecule has 106 valence electrons. The zero-order chi connectivity index (χ0) is 13.9. The van der Waals surface area contributed by atoms with Gasteiger partial charge in [0.05, 0.1) is 6.61 Å². The summed E-state index contributed by atoms with van der Waals surface area (Å²) in [7, 11) is 0. The smallest absolute Gasteiger partial charge is 0.333 e. The molecule has 0 amide bonds. The van der Waals surface area contributed by atoms with Gasteiger partial charge >= 0.3 is 11.9 Å². The van der Waals surface area contributed by atoms with Crippen molar-refractivity contribution in [3.05, 3.63) is 12.2 Å². The van der Waals surface area contributed by atoms with Crippen LogP contribution in [0.2, 0.25) is 0 Å². The average Bonchev–Trinajstić information content (AvgIpc) is 2.60. The van der Waals surface area contributed by atoms with Crippen LogP contribution in [0.1, 0.15) is 51.9 Å². The van der Waals surface area contributed by atoms with E-state index in [1.807, 2.05) is 0 Å². The van der Waals surface area contributed by atoms with Crippen LogP contribution in [0.25, 0.3) is 0 Å². The van der Waals surface area contributed by atoms with Crippen LogP contribution in [0.3, 0.4) is 0 Å². The Balaban J connectivity index is 2.25. The van der Waals surface area contributed by atoms with Crippen molar-refractivity contribution in [2.24, 2.45) is 5.92 Å². The van der Waals surface area contributed by atoms with Crippen LogP contribution in [0.4, 0.5) is 0 Å². The molecule has 1 aliphatic heterocycles. The first-order valence-electron chi connectivity index (χ1n) is 7.17. The van der Waals surface area contributed by atoms with E-state index in [0.717, 1.165) is 38.5 Å². The Hall–Kier alpha value is -1.32. The van der Waals surface area contributed by atoms with Crippen LogP contribution in [-0.2, 0) is 19.1 Å². The lowest BCUT2D eigenvalue weighted by atomic mass is 9.75. The van der Waals surface area contributed by atoms with E-state index in [2.05, 4.69) is 6.58 Å². The predicted molar refractivity (Wildman–Crippen MR) is 70.4 cm³/mol. The summed E-state index contributed by atoms with van der Waals surface area (Å²) >= 11 is 0. The van der Waals surface area contributed by atoms with E-state index in [9.17, 15) is 9.59 Å². The number of hydrogen-bond acceptors (Lipinski definition) is 4. The monoisotopic (exact) mass is 266 g/mol. The minimum Gasteiger partial charge on any atom is -0.466 e. The lowest BCUT2D eigenvalue weighted by Gasteiger charge is -2.42. The fourth-order valence-electron chi connectivity index (χ4n) is 3.16. The summed E-state index contributed by atoms with van der Waals surface area (Å²) in [5.41, 5.74) is -0.269. The summed E-state index contributed by atoms with van der Waals surface area (Å²) in [6.07, 6.45) is 6.15. The van der Waals surface area contributed by atoms with Gasteiger partial charge in [-0.3, -0.25) is 4.79 Å². The number of rotatable bonds is 2. The van der Waals surface area contributed by atoms with Crippen LogP contribution in [0, 0.1) is 5.92 Å². The Morgan fingerprint density at radius 2 is 2.00 bits per heavy atom. The van der Waals surface area contributed by atoms with Gasteiger partial charge in [-0.05, 0) is 39.0 Å². The number of ether oxygens (including phenoxy) is 2. The Morgan fingerprint density at radius 1 is 1.37 bits per heavy atom. The topological polar surface area (TPSA) is 52.6 Å². The van der Waals surface area contributed by atoms with Crippen molar-refractivity contribution in [1.82, 2.24) is 0 Å². The van der Waals surface area contributed by atoms with E-state index in [0.29, 0.717) is 18.6 Å². The van der Waals surface area contributed by atoms with Gasteiger partial charge < -0.3 is 9.47 Å². The van der Waals surface area contributed by atoms with E-state index in [-0.39, 0.29) is 17.9 Å². The maximum absolute atomic E-state index is 12.2. The molecule has 19 heavy (non-hydrogen) atoms. The highest BCUT2D eigenvalue weighted by atomic mass is 16.6. The molecule has 4 heteroatoms. The molecular weight excluding hydrogens is 244 g/mol. The molecule has 0 aromatic rings. The lowest BCUT2D eigenvalue weighted by molar-refractivity contribution is -0.182. The largest absolute Gasteiger partial charge is 0.466 e. The van der Waals surface area contributed by atoms with Gasteiger partial charge in [0.1, 0.15) is 11.5 Å². The first-order valence-corrected chi connectivity index (χ1v) is 7.17. The minimum absolute atomic E-state index is 0.252. The number of hydrogen-bond donors (Lipinski definition) is 0. The quantitative estimate of drug-likeness (QED) is 0.569. The van der Waals surface area contributed by atoms with Crippen molar-refractivity contribution >= 4 is 11.9 Å². The first kappa shape index (κ1) is 14.1. The summed E-state index contributed by atoms with van der Waals surface area (Å²) in [6, 6.07) is 0. The van der Waals surface area contributed by atoms with Crippen LogP contribution in [0.15, 0.2) is 12.2 Å². The number of carbonyl (C=O) groups is 2. The molecule has 0 N–H and O–H groups in total. The number of carbonyl (C=O) groups excluding carboxylic acids is 2. The van der Waals surface area contributed by atoms with Crippen LogP contribution < -0.4 is 0 Å². The fourth-order valence-corrected chi connectivity index (χ4v) is 3.16. The molecule has 1 saturated heterocycles. The van der Waals surface area contributed by atoms with Gasteiger partial charge in [0.25, 0.3) is 0 Å². The van der Waals surface area contributed by atoms with Gasteiger partial charge in [0.15, 0.2) is 0 Å². The highest BCUT2D eigenvalue weighted by Crippen LogP contribution is 2.43. The molecule has 1 unspecified atom stereocenters. The van der Waals surface area contributed by atoms with Crippen molar-refractivity contribution in [2.45, 2.75) is 57.5 Å². The molecule has 2 rings (SSSR count). The molecule has 1 spiro atoms. The third-order valence-electron chi connectivity index (χ3n) is 4.19. The molecular formula is C15H22O4. The standard InChI is InChI=1S/C15H22O4/c1-3-18-14(17)12-10-11(2)13(16)19-15(12)8-6-4-5-7-9-15/h12H,2-10H2,1H3. The summed E-state index contributed by atoms with van der Waals surface area (Å²) in [6.45, 7) is 5.85. The Morgan fingerprint density at radius 3 is 2.58 bits per heavy atom. The highest BCUT2D eigenvalue weighted by molar-refractivity contribution is 5.91. The van der Waals surface area contributed by atoms with Crippen molar-refractivity contribution in [1.29, 1.82) is 0 Å². The third kappa shape index (κ3) is 2.82. The molecule has 2 aliphatic rings. The fraction of sp³-hybridized carbons (Fsp3) is 0.733. The minimum atomic E-state index is -0.652. The molecule has 0 aromatic heterocycles. The molecule has 0 bridgehead atoms. The summed E-state index contributed by atoms with van der Waals surface area (Å²) in [5.74, 6) is -0.976. The van der Waals surface area contributed by atoms with Crippen molar-refractivity contribution in [3.8, 4) is 0 Å². The van der Waals surface area contributed by atoms with Gasteiger partial charge in [-0.2, -0.15) is 0 Å². The molecule has 1 atom stereocenters. The average molecular weight is 266 g/mol. The Labute approximate surface area is 114 Å². The van der Waals surface area contributed by atoms with Crippen molar-refractivity contribution < 1.29 is 19.1 Å². The normalized spacial score (nSPS) is 26.7. The van der Waals surface area contributed by atoms with E-state index in [4.69, 9.17) is 9.47 Å². The lowest BCUT2D eigenvalue weighted by Crippen LogP contribution is -2.50. The first-order chi connectivity index (χ1) is 9.09. The number of esters is 2. The molecule has 0 radical (unpaired) electrons. The van der Waals surface area contributed by atoms with Crippen molar-refractivity contribution in [3.63, 3.8) is 0 Å². The second-order valence-electron chi connectivity index (χ2n) is 5.48. The van der Waals surface area contributed by atoms with E-state index in [1.165, 1.54) is 0 Å².